The molecule has 21 heavy (non-hydrogen) atoms. The Bertz CT molecular complexity index is 548. The van der Waals surface area contributed by atoms with Crippen LogP contribution in [0.5, 0.6) is 0 Å². The van der Waals surface area contributed by atoms with Crippen LogP contribution >= 0.6 is 23.2 Å². The number of benzene rings is 1. The Morgan fingerprint density at radius 3 is 2.57 bits per heavy atom. The van der Waals surface area contributed by atoms with Crippen LogP contribution in [0.4, 0.5) is 0 Å². The zero-order valence-corrected chi connectivity index (χ0v) is 12.8. The second kappa shape index (κ2) is 7.48. The van der Waals surface area contributed by atoms with Crippen molar-refractivity contribution >= 4 is 41.2 Å². The predicted octanol–water partition coefficient (Wildman–Crippen LogP) is 3.08. The van der Waals surface area contributed by atoms with Crippen LogP contribution in [0, 0.1) is 5.92 Å². The third-order valence-corrected chi connectivity index (χ3v) is 3.64. The third-order valence-electron chi connectivity index (χ3n) is 2.98. The van der Waals surface area contributed by atoms with Gasteiger partial charge in [0.05, 0.1) is 6.61 Å². The Morgan fingerprint density at radius 1 is 1.29 bits per heavy atom. The van der Waals surface area contributed by atoms with Gasteiger partial charge in [0.2, 0.25) is 5.91 Å². The van der Waals surface area contributed by atoms with Gasteiger partial charge in [-0.25, -0.2) is 0 Å². The maximum atomic E-state index is 11.6. The molecule has 1 fully saturated rings. The monoisotopic (exact) mass is 327 g/mol. The van der Waals surface area contributed by atoms with E-state index in [1.165, 1.54) is 12.2 Å². The number of carbonyl (C=O) groups is 2. The molecular formula is C15H15Cl2NO3. The van der Waals surface area contributed by atoms with Crippen molar-refractivity contribution in [2.75, 3.05) is 13.2 Å². The molecule has 6 heteroatoms. The van der Waals surface area contributed by atoms with Crippen LogP contribution in [0.3, 0.4) is 0 Å². The largest absolute Gasteiger partial charge is 0.464 e. The quantitative estimate of drug-likeness (QED) is 0.645. The van der Waals surface area contributed by atoms with Crippen molar-refractivity contribution in [3.05, 3.63) is 39.9 Å². The molecule has 1 saturated carbocycles. The van der Waals surface area contributed by atoms with Gasteiger partial charge in [0.1, 0.15) is 6.54 Å². The summed E-state index contributed by atoms with van der Waals surface area (Å²) in [4.78, 5) is 23.0. The zero-order valence-electron chi connectivity index (χ0n) is 11.3. The van der Waals surface area contributed by atoms with Gasteiger partial charge < -0.3 is 10.1 Å². The van der Waals surface area contributed by atoms with Crippen molar-refractivity contribution in [3.8, 4) is 0 Å². The Morgan fingerprint density at radius 2 is 1.95 bits per heavy atom. The summed E-state index contributed by atoms with van der Waals surface area (Å²) in [5, 5.41) is 3.36. The highest BCUT2D eigenvalue weighted by Gasteiger charge is 2.22. The summed E-state index contributed by atoms with van der Waals surface area (Å²) in [5.74, 6) is -0.333. The van der Waals surface area contributed by atoms with Crippen molar-refractivity contribution < 1.29 is 14.3 Å². The third kappa shape index (κ3) is 5.40. The van der Waals surface area contributed by atoms with E-state index in [0.29, 0.717) is 28.1 Å². The molecule has 1 aliphatic rings. The van der Waals surface area contributed by atoms with Gasteiger partial charge in [-0.2, -0.15) is 0 Å². The molecule has 2 rings (SSSR count). The molecule has 1 N–H and O–H groups in total. The number of hydrogen-bond acceptors (Lipinski definition) is 3. The summed E-state index contributed by atoms with van der Waals surface area (Å²) in [5.41, 5.74) is 0.562. The van der Waals surface area contributed by atoms with E-state index >= 15 is 0 Å². The molecule has 4 nitrogen and oxygen atoms in total. The average Bonchev–Trinajstić information content (AvgIpc) is 3.26. The van der Waals surface area contributed by atoms with Gasteiger partial charge in [0, 0.05) is 21.7 Å². The van der Waals surface area contributed by atoms with E-state index in [0.717, 1.165) is 12.8 Å². The lowest BCUT2D eigenvalue weighted by Crippen LogP contribution is -2.29. The molecule has 0 bridgehead atoms. The minimum absolute atomic E-state index is 0.147. The average molecular weight is 328 g/mol. The summed E-state index contributed by atoms with van der Waals surface area (Å²) in [6.07, 6.45) is 5.01. The molecule has 1 aliphatic carbocycles. The second-order valence-corrected chi connectivity index (χ2v) is 5.63. The van der Waals surface area contributed by atoms with E-state index in [9.17, 15) is 9.59 Å². The fourth-order valence-corrected chi connectivity index (χ4v) is 2.12. The van der Waals surface area contributed by atoms with Gasteiger partial charge in [-0.1, -0.05) is 29.3 Å². The van der Waals surface area contributed by atoms with Gasteiger partial charge in [-0.15, -0.1) is 0 Å². The number of nitrogens with one attached hydrogen (secondary N) is 1. The van der Waals surface area contributed by atoms with Gasteiger partial charge in [-0.05, 0) is 37.0 Å². The number of ether oxygens (including phenoxy) is 1. The smallest absolute Gasteiger partial charge is 0.325 e. The Kier molecular flexibility index (Phi) is 5.65. The highest BCUT2D eigenvalue weighted by atomic mass is 35.5. The van der Waals surface area contributed by atoms with E-state index in [-0.39, 0.29) is 6.54 Å². The molecule has 0 saturated heterocycles. The van der Waals surface area contributed by atoms with Crippen LogP contribution in [0.2, 0.25) is 10.0 Å². The molecule has 0 heterocycles. The van der Waals surface area contributed by atoms with Crippen LogP contribution in [0.25, 0.3) is 6.08 Å². The lowest BCUT2D eigenvalue weighted by molar-refractivity contribution is -0.144. The van der Waals surface area contributed by atoms with Gasteiger partial charge in [0.15, 0.2) is 0 Å². The van der Waals surface area contributed by atoms with Crippen LogP contribution in [-0.4, -0.2) is 25.0 Å². The highest BCUT2D eigenvalue weighted by molar-refractivity contribution is 6.37. The normalized spacial score (nSPS) is 14.2. The maximum Gasteiger partial charge on any atom is 0.325 e. The minimum atomic E-state index is -0.431. The first-order chi connectivity index (χ1) is 10.1. The van der Waals surface area contributed by atoms with Gasteiger partial charge in [-0.3, -0.25) is 9.59 Å². The van der Waals surface area contributed by atoms with Crippen molar-refractivity contribution in [1.29, 1.82) is 0 Å². The molecule has 1 amide bonds. The molecule has 0 unspecified atom stereocenters. The maximum absolute atomic E-state index is 11.6. The molecular weight excluding hydrogens is 313 g/mol. The van der Waals surface area contributed by atoms with Crippen LogP contribution < -0.4 is 5.32 Å². The number of hydrogen-bond donors (Lipinski definition) is 1. The summed E-state index contributed by atoms with van der Waals surface area (Å²) < 4.78 is 5.00. The van der Waals surface area contributed by atoms with Gasteiger partial charge in [0.25, 0.3) is 0 Å². The Labute approximate surface area is 133 Å². The van der Waals surface area contributed by atoms with Crippen molar-refractivity contribution in [2.45, 2.75) is 12.8 Å². The van der Waals surface area contributed by atoms with E-state index in [4.69, 9.17) is 27.9 Å². The Balaban J connectivity index is 1.78. The molecule has 0 aliphatic heterocycles. The molecule has 0 aromatic heterocycles. The minimum Gasteiger partial charge on any atom is -0.464 e. The lowest BCUT2D eigenvalue weighted by Gasteiger charge is -2.04. The van der Waals surface area contributed by atoms with Crippen molar-refractivity contribution in [3.63, 3.8) is 0 Å². The van der Waals surface area contributed by atoms with Crippen LogP contribution in [0.1, 0.15) is 18.4 Å². The van der Waals surface area contributed by atoms with Crippen molar-refractivity contribution in [2.24, 2.45) is 5.92 Å². The number of esters is 1. The number of halogens is 2. The number of carbonyl (C=O) groups excluding carboxylic acids is 2. The van der Waals surface area contributed by atoms with Crippen LogP contribution in [-0.2, 0) is 14.3 Å². The zero-order chi connectivity index (χ0) is 15.2. The molecule has 0 spiro atoms. The number of amides is 1. The summed E-state index contributed by atoms with van der Waals surface area (Å²) in [7, 11) is 0. The molecule has 0 atom stereocenters. The standard InChI is InChI=1S/C15H15Cl2NO3/c16-12-2-1-3-13(17)11(12)6-7-14(19)18-8-15(20)21-9-10-4-5-10/h1-3,6-7,10H,4-5,8-9H2,(H,18,19)/b7-6+. The van der Waals surface area contributed by atoms with E-state index in [2.05, 4.69) is 5.32 Å². The number of rotatable bonds is 6. The second-order valence-electron chi connectivity index (χ2n) is 4.81. The van der Waals surface area contributed by atoms with Gasteiger partial charge >= 0.3 is 5.97 Å². The van der Waals surface area contributed by atoms with E-state index in [1.54, 1.807) is 18.2 Å². The first-order valence-corrected chi connectivity index (χ1v) is 7.37. The highest BCUT2D eigenvalue weighted by Crippen LogP contribution is 2.28. The molecule has 112 valence electrons. The fraction of sp³-hybridized carbons (Fsp3) is 0.333. The SMILES string of the molecule is O=C(/C=C/c1c(Cl)cccc1Cl)NCC(=O)OCC1CC1. The molecule has 1 aromatic rings. The van der Waals surface area contributed by atoms with E-state index in [1.807, 2.05) is 0 Å². The molecule has 1 aromatic carbocycles. The van der Waals surface area contributed by atoms with E-state index < -0.39 is 11.9 Å². The summed E-state index contributed by atoms with van der Waals surface area (Å²) >= 11 is 12.0. The predicted molar refractivity (Wildman–Crippen MR) is 82.2 cm³/mol. The summed E-state index contributed by atoms with van der Waals surface area (Å²) in [6, 6.07) is 5.08. The van der Waals surface area contributed by atoms with Crippen LogP contribution in [0.15, 0.2) is 24.3 Å². The fourth-order valence-electron chi connectivity index (χ4n) is 1.59. The summed E-state index contributed by atoms with van der Waals surface area (Å²) in [6.45, 7) is 0.298. The lowest BCUT2D eigenvalue weighted by atomic mass is 10.2. The first-order valence-electron chi connectivity index (χ1n) is 6.62. The topological polar surface area (TPSA) is 55.4 Å². The molecule has 0 radical (unpaired) electrons. The Hall–Kier alpha value is -1.52. The first kappa shape index (κ1) is 15.9. The van der Waals surface area contributed by atoms with Crippen molar-refractivity contribution in [1.82, 2.24) is 5.32 Å².